The number of halogens is 1. The maximum absolute atomic E-state index is 13.9. The van der Waals surface area contributed by atoms with Gasteiger partial charge in [-0.3, -0.25) is 4.90 Å². The second-order valence-corrected chi connectivity index (χ2v) is 7.86. The fraction of sp³-hybridized carbons (Fsp3) is 0.222. The van der Waals surface area contributed by atoms with Crippen LogP contribution in [0.3, 0.4) is 0 Å². The van der Waals surface area contributed by atoms with Crippen molar-refractivity contribution in [2.75, 3.05) is 38.6 Å². The summed E-state index contributed by atoms with van der Waals surface area (Å²) < 4.78 is 18.9. The topological polar surface area (TPSA) is 44.8 Å². The van der Waals surface area contributed by atoms with E-state index in [1.165, 1.54) is 13.2 Å². The molecule has 0 radical (unpaired) electrons. The van der Waals surface area contributed by atoms with Crippen molar-refractivity contribution in [3.05, 3.63) is 95.3 Å². The summed E-state index contributed by atoms with van der Waals surface area (Å²) in [6.45, 7) is 3.31. The van der Waals surface area contributed by atoms with E-state index in [0.717, 1.165) is 35.5 Å². The van der Waals surface area contributed by atoms with Crippen molar-refractivity contribution < 1.29 is 13.9 Å². The molecule has 5 nitrogen and oxygen atoms in total. The fourth-order valence-corrected chi connectivity index (χ4v) is 3.72. The van der Waals surface area contributed by atoms with E-state index >= 15 is 0 Å². The highest BCUT2D eigenvalue weighted by Gasteiger charge is 2.21. The van der Waals surface area contributed by atoms with Crippen LogP contribution in [-0.2, 0) is 6.54 Å². The number of urea groups is 1. The van der Waals surface area contributed by atoms with Crippen LogP contribution < -0.4 is 10.1 Å². The van der Waals surface area contributed by atoms with Crippen molar-refractivity contribution in [2.24, 2.45) is 0 Å². The van der Waals surface area contributed by atoms with Gasteiger partial charge in [0.15, 0.2) is 11.6 Å². The van der Waals surface area contributed by atoms with Crippen molar-refractivity contribution >= 4 is 11.7 Å². The van der Waals surface area contributed by atoms with Gasteiger partial charge in [-0.1, -0.05) is 42.2 Å². The highest BCUT2D eigenvalue weighted by molar-refractivity contribution is 5.89. The predicted octanol–water partition coefficient (Wildman–Crippen LogP) is 4.58. The van der Waals surface area contributed by atoms with Crippen molar-refractivity contribution in [3.63, 3.8) is 0 Å². The van der Waals surface area contributed by atoms with Gasteiger partial charge < -0.3 is 15.0 Å². The molecule has 1 fully saturated rings. The van der Waals surface area contributed by atoms with Crippen LogP contribution in [0.4, 0.5) is 14.9 Å². The lowest BCUT2D eigenvalue weighted by molar-refractivity contribution is 0.143. The highest BCUT2D eigenvalue weighted by atomic mass is 19.1. The summed E-state index contributed by atoms with van der Waals surface area (Å²) in [5, 5.41) is 2.97. The van der Waals surface area contributed by atoms with Crippen LogP contribution in [0.5, 0.6) is 5.75 Å². The molecular formula is C27H26FN3O2. The van der Waals surface area contributed by atoms with E-state index in [1.54, 1.807) is 11.0 Å². The standard InChI is InChI=1S/C27H26FN3O2/c1-33-26-13-12-23(19-25(26)28)20-30-14-16-31(17-15-30)27(32)29-24-9-5-8-22(18-24)11-10-21-6-3-2-4-7-21/h2-9,12-13,18-19H,14-17,20H2,1H3,(H,29,32). The third-order valence-electron chi connectivity index (χ3n) is 5.52. The molecule has 0 aromatic heterocycles. The molecule has 1 N–H and O–H groups in total. The largest absolute Gasteiger partial charge is 0.494 e. The number of carbonyl (C=O) groups excluding carboxylic acids is 1. The molecule has 0 unspecified atom stereocenters. The maximum Gasteiger partial charge on any atom is 0.321 e. The van der Waals surface area contributed by atoms with Gasteiger partial charge in [0.25, 0.3) is 0 Å². The minimum Gasteiger partial charge on any atom is -0.494 e. The zero-order valence-corrected chi connectivity index (χ0v) is 18.6. The quantitative estimate of drug-likeness (QED) is 0.600. The van der Waals surface area contributed by atoms with Gasteiger partial charge in [-0.2, -0.15) is 0 Å². The number of hydrogen-bond donors (Lipinski definition) is 1. The first kappa shape index (κ1) is 22.4. The Bertz CT molecular complexity index is 1160. The molecule has 3 aromatic rings. The first-order valence-corrected chi connectivity index (χ1v) is 10.9. The van der Waals surface area contributed by atoms with Crippen LogP contribution in [0.2, 0.25) is 0 Å². The number of rotatable bonds is 4. The molecule has 3 aromatic carbocycles. The smallest absolute Gasteiger partial charge is 0.321 e. The number of nitrogens with zero attached hydrogens (tertiary/aromatic N) is 2. The molecule has 1 saturated heterocycles. The van der Waals surface area contributed by atoms with E-state index in [4.69, 9.17) is 4.74 Å². The van der Waals surface area contributed by atoms with Gasteiger partial charge in [0, 0.05) is 49.5 Å². The number of carbonyl (C=O) groups is 1. The molecule has 33 heavy (non-hydrogen) atoms. The van der Waals surface area contributed by atoms with Crippen molar-refractivity contribution in [3.8, 4) is 17.6 Å². The number of ether oxygens (including phenoxy) is 1. The lowest BCUT2D eigenvalue weighted by atomic mass is 10.1. The van der Waals surface area contributed by atoms with Crippen LogP contribution in [0.15, 0.2) is 72.8 Å². The van der Waals surface area contributed by atoms with E-state index in [1.807, 2.05) is 60.7 Å². The summed E-state index contributed by atoms with van der Waals surface area (Å²) >= 11 is 0. The Hall–Kier alpha value is -3.82. The number of nitrogens with one attached hydrogen (secondary N) is 1. The molecular weight excluding hydrogens is 417 g/mol. The van der Waals surface area contributed by atoms with Crippen molar-refractivity contribution in [1.29, 1.82) is 0 Å². The lowest BCUT2D eigenvalue weighted by Gasteiger charge is -2.34. The molecule has 0 aliphatic carbocycles. The summed E-state index contributed by atoms with van der Waals surface area (Å²) in [6.07, 6.45) is 0. The SMILES string of the molecule is COc1ccc(CN2CCN(C(=O)Nc3cccc(C#Cc4ccccc4)c3)CC2)cc1F. The Labute approximate surface area is 193 Å². The number of amides is 2. The second-order valence-electron chi connectivity index (χ2n) is 7.86. The van der Waals surface area contributed by atoms with Crippen LogP contribution >= 0.6 is 0 Å². The molecule has 6 heteroatoms. The van der Waals surface area contributed by atoms with Crippen LogP contribution in [0, 0.1) is 17.7 Å². The van der Waals surface area contributed by atoms with E-state index in [-0.39, 0.29) is 17.6 Å². The number of benzene rings is 3. The average molecular weight is 444 g/mol. The van der Waals surface area contributed by atoms with E-state index in [0.29, 0.717) is 19.6 Å². The van der Waals surface area contributed by atoms with Gasteiger partial charge >= 0.3 is 6.03 Å². The zero-order chi connectivity index (χ0) is 23.0. The molecule has 0 atom stereocenters. The van der Waals surface area contributed by atoms with Gasteiger partial charge in [-0.15, -0.1) is 0 Å². The molecule has 1 aliphatic rings. The number of anilines is 1. The maximum atomic E-state index is 13.9. The third kappa shape index (κ3) is 6.12. The van der Waals surface area contributed by atoms with E-state index in [2.05, 4.69) is 22.1 Å². The first-order chi connectivity index (χ1) is 16.1. The van der Waals surface area contributed by atoms with Crippen LogP contribution in [0.1, 0.15) is 16.7 Å². The van der Waals surface area contributed by atoms with Crippen LogP contribution in [0.25, 0.3) is 0 Å². The van der Waals surface area contributed by atoms with E-state index < -0.39 is 0 Å². The Kier molecular flexibility index (Phi) is 7.23. The van der Waals surface area contributed by atoms with Crippen molar-refractivity contribution in [2.45, 2.75) is 6.54 Å². The third-order valence-corrected chi connectivity index (χ3v) is 5.52. The zero-order valence-electron chi connectivity index (χ0n) is 18.6. The predicted molar refractivity (Wildman–Crippen MR) is 128 cm³/mol. The van der Waals surface area contributed by atoms with E-state index in [9.17, 15) is 9.18 Å². The number of methoxy groups -OCH3 is 1. The summed E-state index contributed by atoms with van der Waals surface area (Å²) in [6, 6.07) is 22.2. The normalized spacial score (nSPS) is 13.7. The van der Waals surface area contributed by atoms with Gasteiger partial charge in [0.2, 0.25) is 0 Å². The summed E-state index contributed by atoms with van der Waals surface area (Å²) in [4.78, 5) is 16.7. The number of piperazine rings is 1. The van der Waals surface area contributed by atoms with Crippen LogP contribution in [-0.4, -0.2) is 49.1 Å². The lowest BCUT2D eigenvalue weighted by Crippen LogP contribution is -2.49. The second kappa shape index (κ2) is 10.7. The Morgan fingerprint density at radius 1 is 0.939 bits per heavy atom. The van der Waals surface area contributed by atoms with Gasteiger partial charge in [0.05, 0.1) is 7.11 Å². The molecule has 1 aliphatic heterocycles. The fourth-order valence-electron chi connectivity index (χ4n) is 3.72. The van der Waals surface area contributed by atoms with Crippen molar-refractivity contribution in [1.82, 2.24) is 9.80 Å². The van der Waals surface area contributed by atoms with Gasteiger partial charge in [-0.05, 0) is 48.0 Å². The first-order valence-electron chi connectivity index (χ1n) is 10.9. The molecule has 0 spiro atoms. The molecule has 4 rings (SSSR count). The number of hydrogen-bond acceptors (Lipinski definition) is 3. The Morgan fingerprint density at radius 2 is 1.67 bits per heavy atom. The molecule has 1 heterocycles. The average Bonchev–Trinajstić information content (AvgIpc) is 2.84. The summed E-state index contributed by atoms with van der Waals surface area (Å²) in [5.41, 5.74) is 3.39. The summed E-state index contributed by atoms with van der Waals surface area (Å²) in [7, 11) is 1.46. The molecule has 2 amide bonds. The molecule has 0 bridgehead atoms. The minimum atomic E-state index is -0.358. The Morgan fingerprint density at radius 3 is 2.39 bits per heavy atom. The summed E-state index contributed by atoms with van der Waals surface area (Å²) in [5.74, 6) is 6.16. The molecule has 168 valence electrons. The Balaban J connectivity index is 1.30. The minimum absolute atomic E-state index is 0.127. The highest BCUT2D eigenvalue weighted by Crippen LogP contribution is 2.19. The van der Waals surface area contributed by atoms with Gasteiger partial charge in [0.1, 0.15) is 0 Å². The molecule has 0 saturated carbocycles. The van der Waals surface area contributed by atoms with Gasteiger partial charge in [-0.25, -0.2) is 9.18 Å². The monoisotopic (exact) mass is 443 g/mol.